The highest BCUT2D eigenvalue weighted by Crippen LogP contribution is 2.32. The van der Waals surface area contributed by atoms with E-state index in [4.69, 9.17) is 4.74 Å². The lowest BCUT2D eigenvalue weighted by Gasteiger charge is -2.25. The molecule has 3 heterocycles. The second-order valence-electron chi connectivity index (χ2n) is 9.38. The van der Waals surface area contributed by atoms with Crippen molar-refractivity contribution in [2.75, 3.05) is 13.1 Å². The van der Waals surface area contributed by atoms with E-state index in [-0.39, 0.29) is 25.2 Å². The maximum Gasteiger partial charge on any atom is 0.281 e. The quantitative estimate of drug-likeness (QED) is 0.481. The summed E-state index contributed by atoms with van der Waals surface area (Å²) in [5.41, 5.74) is 4.74. The number of ether oxygens (including phenoxy) is 1. The van der Waals surface area contributed by atoms with Crippen LogP contribution in [0, 0.1) is 27.7 Å². The van der Waals surface area contributed by atoms with Crippen LogP contribution in [0.5, 0.6) is 11.6 Å². The summed E-state index contributed by atoms with van der Waals surface area (Å²) in [6.07, 6.45) is 2.51. The van der Waals surface area contributed by atoms with Gasteiger partial charge in [0, 0.05) is 28.6 Å². The molecule has 2 aromatic heterocycles. The number of pyridine rings is 2. The Morgan fingerprint density at radius 3 is 2.34 bits per heavy atom. The van der Waals surface area contributed by atoms with E-state index >= 15 is 0 Å². The topological polar surface area (TPSA) is 119 Å². The molecule has 4 rings (SSSR count). The molecule has 202 valence electrons. The van der Waals surface area contributed by atoms with E-state index in [1.165, 1.54) is 19.1 Å². The van der Waals surface area contributed by atoms with Crippen molar-refractivity contribution in [3.8, 4) is 11.6 Å². The molecule has 1 N–H and O–H groups in total. The highest BCUT2D eigenvalue weighted by Gasteiger charge is 2.25. The fraction of sp³-hybridized carbons (Fsp3) is 0.286. The number of carbonyl (C=O) groups excluding carboxylic acids is 2. The Kier molecular flexibility index (Phi) is 7.63. The largest absolute Gasteiger partial charge is 0.438 e. The lowest BCUT2D eigenvalue weighted by atomic mass is 10.0. The Bertz CT molecular complexity index is 1550. The molecule has 0 radical (unpaired) electrons. The zero-order valence-electron chi connectivity index (χ0n) is 22.0. The fourth-order valence-corrected chi connectivity index (χ4v) is 5.36. The summed E-state index contributed by atoms with van der Waals surface area (Å²) in [7, 11) is -4.23. The Morgan fingerprint density at radius 2 is 1.74 bits per heavy atom. The van der Waals surface area contributed by atoms with E-state index in [2.05, 4.69) is 14.7 Å². The van der Waals surface area contributed by atoms with Gasteiger partial charge in [0.2, 0.25) is 11.8 Å². The van der Waals surface area contributed by atoms with Gasteiger partial charge in [-0.05, 0) is 75.1 Å². The standard InChI is InChI=1S/C28H30N4O5S.2H2/c1-17-15-18(2)26(19(3)16-17)37-28-23(27(34)31-38(35,36)25-8-6-7-20(4)29-25)9-10-24(30-28)22-11-13-32(14-12-22)21(5)33;;/h6-11,15-16H,12-14H2,1-5H3,(H,31,34);2*1H. The van der Waals surface area contributed by atoms with Crippen LogP contribution in [0.3, 0.4) is 0 Å². The summed E-state index contributed by atoms with van der Waals surface area (Å²) in [5.74, 6) is -0.362. The highest BCUT2D eigenvalue weighted by molar-refractivity contribution is 7.90. The average molecular weight is 539 g/mol. The summed E-state index contributed by atoms with van der Waals surface area (Å²) in [4.78, 5) is 35.4. The molecule has 0 aliphatic carbocycles. The van der Waals surface area contributed by atoms with Gasteiger partial charge in [-0.1, -0.05) is 29.8 Å². The molecule has 0 unspecified atom stereocenters. The zero-order chi connectivity index (χ0) is 27.6. The van der Waals surface area contributed by atoms with Crippen molar-refractivity contribution >= 4 is 27.4 Å². The number of aromatic nitrogens is 2. The lowest BCUT2D eigenvalue weighted by molar-refractivity contribution is -0.128. The lowest BCUT2D eigenvalue weighted by Crippen LogP contribution is -2.33. The van der Waals surface area contributed by atoms with Crippen LogP contribution in [0.4, 0.5) is 0 Å². The third kappa shape index (κ3) is 5.91. The Hall–Kier alpha value is -4.05. The maximum absolute atomic E-state index is 13.3. The molecule has 0 atom stereocenters. The fourth-order valence-electron chi connectivity index (χ4n) is 4.38. The number of benzene rings is 1. The second-order valence-corrected chi connectivity index (χ2v) is 11.0. The van der Waals surface area contributed by atoms with Crippen LogP contribution in [0.2, 0.25) is 0 Å². The first kappa shape index (κ1) is 27.0. The molecule has 0 fully saturated rings. The zero-order valence-corrected chi connectivity index (χ0v) is 22.8. The molecule has 0 bridgehead atoms. The molecule has 1 aliphatic heterocycles. The Morgan fingerprint density at radius 1 is 1.03 bits per heavy atom. The van der Waals surface area contributed by atoms with Crippen molar-refractivity contribution in [1.82, 2.24) is 19.6 Å². The number of amides is 2. The van der Waals surface area contributed by atoms with Crippen molar-refractivity contribution in [3.63, 3.8) is 0 Å². The number of carbonyl (C=O) groups is 2. The van der Waals surface area contributed by atoms with Crippen molar-refractivity contribution in [2.24, 2.45) is 0 Å². The molecule has 1 aliphatic rings. The van der Waals surface area contributed by atoms with Crippen LogP contribution in [-0.2, 0) is 14.8 Å². The number of aryl methyl sites for hydroxylation is 4. The van der Waals surface area contributed by atoms with E-state index in [1.807, 2.05) is 39.0 Å². The third-order valence-corrected chi connectivity index (χ3v) is 7.49. The Labute approximate surface area is 225 Å². The summed E-state index contributed by atoms with van der Waals surface area (Å²) in [6, 6.07) is 11.6. The van der Waals surface area contributed by atoms with E-state index in [0.29, 0.717) is 36.6 Å². The maximum atomic E-state index is 13.3. The normalized spacial score (nSPS) is 13.6. The van der Waals surface area contributed by atoms with Crippen LogP contribution in [-0.4, -0.2) is 48.2 Å². The predicted molar refractivity (Wildman–Crippen MR) is 148 cm³/mol. The third-order valence-electron chi connectivity index (χ3n) is 6.26. The monoisotopic (exact) mass is 538 g/mol. The molecular formula is C28H34N4O5S. The SMILES string of the molecule is CC(=O)N1CC=C(c2ccc(C(=O)NS(=O)(=O)c3cccc(C)n3)c(Oc3c(C)cc(C)cc3C)n2)CC1.[HH].[HH]. The van der Waals surface area contributed by atoms with Gasteiger partial charge in [0.05, 0.1) is 5.69 Å². The second kappa shape index (κ2) is 10.7. The van der Waals surface area contributed by atoms with Gasteiger partial charge in [0.25, 0.3) is 15.9 Å². The van der Waals surface area contributed by atoms with Gasteiger partial charge in [-0.15, -0.1) is 0 Å². The smallest absolute Gasteiger partial charge is 0.281 e. The van der Waals surface area contributed by atoms with Gasteiger partial charge >= 0.3 is 0 Å². The van der Waals surface area contributed by atoms with E-state index < -0.39 is 15.9 Å². The minimum absolute atomic E-state index is 0. The first-order chi connectivity index (χ1) is 17.9. The number of hydrogen-bond donors (Lipinski definition) is 1. The number of nitrogens with zero attached hydrogens (tertiary/aromatic N) is 3. The predicted octanol–water partition coefficient (Wildman–Crippen LogP) is 4.75. The van der Waals surface area contributed by atoms with E-state index in [1.54, 1.807) is 30.0 Å². The minimum Gasteiger partial charge on any atom is -0.438 e. The van der Waals surface area contributed by atoms with Crippen LogP contribution in [0.1, 0.15) is 54.6 Å². The number of hydrogen-bond acceptors (Lipinski definition) is 7. The van der Waals surface area contributed by atoms with Crippen molar-refractivity contribution in [2.45, 2.75) is 46.1 Å². The average Bonchev–Trinajstić information content (AvgIpc) is 2.86. The number of sulfonamides is 1. The molecule has 2 amide bonds. The van der Waals surface area contributed by atoms with E-state index in [0.717, 1.165) is 22.3 Å². The van der Waals surface area contributed by atoms with Gasteiger partial charge in [-0.25, -0.2) is 14.7 Å². The molecule has 0 saturated heterocycles. The van der Waals surface area contributed by atoms with Crippen molar-refractivity contribution < 1.29 is 25.6 Å². The summed E-state index contributed by atoms with van der Waals surface area (Å²) in [6.45, 7) is 9.98. The number of rotatable bonds is 6. The first-order valence-corrected chi connectivity index (χ1v) is 13.7. The van der Waals surface area contributed by atoms with Crippen LogP contribution >= 0.6 is 0 Å². The van der Waals surface area contributed by atoms with Crippen LogP contribution < -0.4 is 9.46 Å². The van der Waals surface area contributed by atoms with Gasteiger partial charge < -0.3 is 9.64 Å². The molecule has 1 aromatic carbocycles. The summed E-state index contributed by atoms with van der Waals surface area (Å²) < 4.78 is 34.1. The first-order valence-electron chi connectivity index (χ1n) is 12.2. The van der Waals surface area contributed by atoms with Crippen LogP contribution in [0.25, 0.3) is 5.57 Å². The Balaban J connectivity index is 0.00000280. The molecule has 10 heteroatoms. The van der Waals surface area contributed by atoms with Crippen molar-refractivity contribution in [3.05, 3.63) is 82.2 Å². The summed E-state index contributed by atoms with van der Waals surface area (Å²) >= 11 is 0. The molecule has 3 aromatic rings. The van der Waals surface area contributed by atoms with Gasteiger partial charge in [-0.3, -0.25) is 9.59 Å². The molecule has 0 saturated carbocycles. The highest BCUT2D eigenvalue weighted by atomic mass is 32.2. The molecule has 0 spiro atoms. The van der Waals surface area contributed by atoms with E-state index in [9.17, 15) is 18.0 Å². The molecule has 38 heavy (non-hydrogen) atoms. The van der Waals surface area contributed by atoms with Gasteiger partial charge in [-0.2, -0.15) is 8.42 Å². The minimum atomic E-state index is -4.23. The summed E-state index contributed by atoms with van der Waals surface area (Å²) in [5, 5.41) is -0.259. The van der Waals surface area contributed by atoms with Gasteiger partial charge in [0.15, 0.2) is 5.03 Å². The molecule has 9 nitrogen and oxygen atoms in total. The van der Waals surface area contributed by atoms with Crippen molar-refractivity contribution in [1.29, 1.82) is 0 Å². The van der Waals surface area contributed by atoms with Crippen LogP contribution in [0.15, 0.2) is 53.6 Å². The molecular weight excluding hydrogens is 504 g/mol. The number of nitrogens with one attached hydrogen (secondary N) is 1. The van der Waals surface area contributed by atoms with Gasteiger partial charge in [0.1, 0.15) is 11.3 Å².